The molecule has 2 aromatic carbocycles. The molecule has 0 spiro atoms. The zero-order valence-corrected chi connectivity index (χ0v) is 11.3. The molecule has 0 aromatic heterocycles. The number of phenolic OH excluding ortho intramolecular Hbond substituents is 1. The largest absolute Gasteiger partial charge is 0.508 e. The van der Waals surface area contributed by atoms with Crippen LogP contribution in [0, 0.1) is 0 Å². The number of carbonyl (C=O) groups excluding carboxylic acids is 1. The van der Waals surface area contributed by atoms with Crippen molar-refractivity contribution in [3.63, 3.8) is 0 Å². The highest BCUT2D eigenvalue weighted by Gasteiger charge is 2.06. The third-order valence-electron chi connectivity index (χ3n) is 2.86. The molecule has 2 aromatic rings. The maximum absolute atomic E-state index is 11.8. The number of amides is 1. The first-order valence-electron chi connectivity index (χ1n) is 6.48. The smallest absolute Gasteiger partial charge is 0.262 e. The Morgan fingerprint density at radius 1 is 1.15 bits per heavy atom. The van der Waals surface area contributed by atoms with Gasteiger partial charge in [0.1, 0.15) is 11.5 Å². The molecule has 0 saturated carbocycles. The number of anilines is 1. The third-order valence-corrected chi connectivity index (χ3v) is 2.86. The highest BCUT2D eigenvalue weighted by atomic mass is 16.5. The molecule has 2 rings (SSSR count). The normalized spacial score (nSPS) is 10.1. The summed E-state index contributed by atoms with van der Waals surface area (Å²) in [5.74, 6) is 0.661. The van der Waals surface area contributed by atoms with E-state index in [0.29, 0.717) is 5.69 Å². The number of rotatable bonds is 5. The zero-order valence-electron chi connectivity index (χ0n) is 11.3. The minimum Gasteiger partial charge on any atom is -0.508 e. The summed E-state index contributed by atoms with van der Waals surface area (Å²) in [6, 6.07) is 14.0. The molecule has 0 heterocycles. The molecule has 2 N–H and O–H groups in total. The number of benzene rings is 2. The second-order valence-electron chi connectivity index (χ2n) is 4.35. The standard InChI is InChI=1S/C16H17NO3/c1-2-12-5-3-4-6-15(12)20-11-16(19)17-13-7-9-14(18)10-8-13/h3-10,18H,2,11H2,1H3,(H,17,19). The third kappa shape index (κ3) is 3.75. The molecule has 0 aliphatic heterocycles. The Bertz CT molecular complexity index is 579. The van der Waals surface area contributed by atoms with Gasteiger partial charge in [0.2, 0.25) is 0 Å². The number of hydrogen-bond acceptors (Lipinski definition) is 3. The van der Waals surface area contributed by atoms with Crippen LogP contribution < -0.4 is 10.1 Å². The predicted molar refractivity (Wildman–Crippen MR) is 78.1 cm³/mol. The van der Waals surface area contributed by atoms with E-state index >= 15 is 0 Å². The van der Waals surface area contributed by atoms with Gasteiger partial charge in [-0.25, -0.2) is 0 Å². The zero-order chi connectivity index (χ0) is 14.4. The van der Waals surface area contributed by atoms with Gasteiger partial charge in [-0.1, -0.05) is 25.1 Å². The van der Waals surface area contributed by atoms with Crippen LogP contribution in [0.15, 0.2) is 48.5 Å². The summed E-state index contributed by atoms with van der Waals surface area (Å²) in [5.41, 5.74) is 1.70. The van der Waals surface area contributed by atoms with Gasteiger partial charge in [0.15, 0.2) is 6.61 Å². The number of aryl methyl sites for hydroxylation is 1. The van der Waals surface area contributed by atoms with Crippen molar-refractivity contribution in [3.05, 3.63) is 54.1 Å². The van der Waals surface area contributed by atoms with Crippen molar-refractivity contribution in [3.8, 4) is 11.5 Å². The lowest BCUT2D eigenvalue weighted by atomic mass is 10.1. The molecule has 1 amide bonds. The summed E-state index contributed by atoms with van der Waals surface area (Å²) < 4.78 is 5.52. The van der Waals surface area contributed by atoms with Gasteiger partial charge in [-0.2, -0.15) is 0 Å². The van der Waals surface area contributed by atoms with Crippen LogP contribution in [0.5, 0.6) is 11.5 Å². The van der Waals surface area contributed by atoms with Crippen LogP contribution in [-0.4, -0.2) is 17.6 Å². The summed E-state index contributed by atoms with van der Waals surface area (Å²) >= 11 is 0. The first-order chi connectivity index (χ1) is 9.69. The van der Waals surface area contributed by atoms with Crippen molar-refractivity contribution in [2.75, 3.05) is 11.9 Å². The van der Waals surface area contributed by atoms with Crippen molar-refractivity contribution < 1.29 is 14.6 Å². The molecule has 0 saturated heterocycles. The number of ether oxygens (including phenoxy) is 1. The Balaban J connectivity index is 1.90. The number of carbonyl (C=O) groups is 1. The van der Waals surface area contributed by atoms with Crippen LogP contribution in [-0.2, 0) is 11.2 Å². The van der Waals surface area contributed by atoms with E-state index in [0.717, 1.165) is 17.7 Å². The van der Waals surface area contributed by atoms with Gasteiger partial charge in [-0.3, -0.25) is 4.79 Å². The van der Waals surface area contributed by atoms with Crippen molar-refractivity contribution >= 4 is 11.6 Å². The minimum absolute atomic E-state index is 0.0438. The van der Waals surface area contributed by atoms with Crippen molar-refractivity contribution in [1.29, 1.82) is 0 Å². The fraction of sp³-hybridized carbons (Fsp3) is 0.188. The number of hydrogen-bond donors (Lipinski definition) is 2. The monoisotopic (exact) mass is 271 g/mol. The molecule has 0 fully saturated rings. The van der Waals surface area contributed by atoms with Gasteiger partial charge in [0, 0.05) is 5.69 Å². The average Bonchev–Trinajstić information content (AvgIpc) is 2.48. The van der Waals surface area contributed by atoms with Crippen LogP contribution >= 0.6 is 0 Å². The topological polar surface area (TPSA) is 58.6 Å². The lowest BCUT2D eigenvalue weighted by Crippen LogP contribution is -2.20. The predicted octanol–water partition coefficient (Wildman–Crippen LogP) is 2.97. The summed E-state index contributed by atoms with van der Waals surface area (Å²) in [6.45, 7) is 2.00. The summed E-state index contributed by atoms with van der Waals surface area (Å²) in [4.78, 5) is 11.8. The van der Waals surface area contributed by atoms with Crippen LogP contribution in [0.2, 0.25) is 0 Å². The Labute approximate surface area is 118 Å². The van der Waals surface area contributed by atoms with Crippen LogP contribution in [0.3, 0.4) is 0 Å². The van der Waals surface area contributed by atoms with Crippen LogP contribution in [0.1, 0.15) is 12.5 Å². The molecule has 4 nitrogen and oxygen atoms in total. The van der Waals surface area contributed by atoms with E-state index in [1.165, 1.54) is 12.1 Å². The SMILES string of the molecule is CCc1ccccc1OCC(=O)Nc1ccc(O)cc1. The van der Waals surface area contributed by atoms with Gasteiger partial charge in [0.05, 0.1) is 0 Å². The molecular formula is C16H17NO3. The fourth-order valence-corrected chi connectivity index (χ4v) is 1.82. The molecule has 0 unspecified atom stereocenters. The highest BCUT2D eigenvalue weighted by molar-refractivity contribution is 5.91. The van der Waals surface area contributed by atoms with Crippen molar-refractivity contribution in [2.45, 2.75) is 13.3 Å². The average molecular weight is 271 g/mol. The molecule has 104 valence electrons. The minimum atomic E-state index is -0.235. The molecule has 4 heteroatoms. The van der Waals surface area contributed by atoms with Crippen molar-refractivity contribution in [1.82, 2.24) is 0 Å². The van der Waals surface area contributed by atoms with Crippen LogP contribution in [0.25, 0.3) is 0 Å². The maximum atomic E-state index is 11.8. The first-order valence-corrected chi connectivity index (χ1v) is 6.48. The number of para-hydroxylation sites is 1. The van der Waals surface area contributed by atoms with Gasteiger partial charge in [0.25, 0.3) is 5.91 Å². The van der Waals surface area contributed by atoms with E-state index in [2.05, 4.69) is 5.32 Å². The quantitative estimate of drug-likeness (QED) is 0.822. The second kappa shape index (κ2) is 6.61. The molecule has 0 atom stereocenters. The molecule has 0 aliphatic rings. The van der Waals surface area contributed by atoms with E-state index in [-0.39, 0.29) is 18.3 Å². The van der Waals surface area contributed by atoms with Gasteiger partial charge in [-0.05, 0) is 42.3 Å². The lowest BCUT2D eigenvalue weighted by molar-refractivity contribution is -0.118. The van der Waals surface area contributed by atoms with E-state index in [1.54, 1.807) is 12.1 Å². The van der Waals surface area contributed by atoms with Gasteiger partial charge < -0.3 is 15.2 Å². The van der Waals surface area contributed by atoms with E-state index < -0.39 is 0 Å². The summed E-state index contributed by atoms with van der Waals surface area (Å²) in [6.07, 6.45) is 0.857. The fourth-order valence-electron chi connectivity index (χ4n) is 1.82. The molecule has 0 aliphatic carbocycles. The second-order valence-corrected chi connectivity index (χ2v) is 4.35. The molecule has 0 bridgehead atoms. The summed E-state index contributed by atoms with van der Waals surface area (Å²) in [5, 5.41) is 11.9. The Kier molecular flexibility index (Phi) is 4.60. The number of aromatic hydroxyl groups is 1. The number of nitrogens with one attached hydrogen (secondary N) is 1. The Morgan fingerprint density at radius 2 is 1.85 bits per heavy atom. The van der Waals surface area contributed by atoms with Crippen molar-refractivity contribution in [2.24, 2.45) is 0 Å². The lowest BCUT2D eigenvalue weighted by Gasteiger charge is -2.10. The van der Waals surface area contributed by atoms with Gasteiger partial charge in [-0.15, -0.1) is 0 Å². The Morgan fingerprint density at radius 3 is 2.55 bits per heavy atom. The van der Waals surface area contributed by atoms with E-state index in [1.807, 2.05) is 31.2 Å². The molecular weight excluding hydrogens is 254 g/mol. The Hall–Kier alpha value is -2.49. The summed E-state index contributed by atoms with van der Waals surface area (Å²) in [7, 11) is 0. The van der Waals surface area contributed by atoms with Gasteiger partial charge >= 0.3 is 0 Å². The first kappa shape index (κ1) is 13.9. The maximum Gasteiger partial charge on any atom is 0.262 e. The van der Waals surface area contributed by atoms with E-state index in [9.17, 15) is 4.79 Å². The van der Waals surface area contributed by atoms with Crippen LogP contribution in [0.4, 0.5) is 5.69 Å². The van der Waals surface area contributed by atoms with E-state index in [4.69, 9.17) is 9.84 Å². The molecule has 20 heavy (non-hydrogen) atoms. The number of phenols is 1. The molecule has 0 radical (unpaired) electrons. The highest BCUT2D eigenvalue weighted by Crippen LogP contribution is 2.18.